The summed E-state index contributed by atoms with van der Waals surface area (Å²) in [7, 11) is 1.17. The van der Waals surface area contributed by atoms with Gasteiger partial charge < -0.3 is 27.9 Å². The zero-order valence-electron chi connectivity index (χ0n) is 61.9. The average molecular weight is 1330 g/mol. The second kappa shape index (κ2) is 73.7. The summed E-state index contributed by atoms with van der Waals surface area (Å²) in [6.07, 6.45) is 106. The number of rotatable bonds is 72. The minimum Gasteiger partial charge on any atom is -0.756 e. The van der Waals surface area contributed by atoms with Crippen molar-refractivity contribution in [3.63, 3.8) is 0 Å². The Bertz CT molecular complexity index is 2010. The molecule has 94 heavy (non-hydrogen) atoms. The van der Waals surface area contributed by atoms with Crippen LogP contribution in [0.15, 0.2) is 122 Å². The van der Waals surface area contributed by atoms with Crippen LogP contribution < -0.4 is 4.89 Å². The smallest absolute Gasteiger partial charge is 0.306 e. The Labute approximate surface area is 581 Å². The zero-order chi connectivity index (χ0) is 68.3. The molecular weight excluding hydrogens is 1180 g/mol. The van der Waals surface area contributed by atoms with Gasteiger partial charge in [0, 0.05) is 12.8 Å². The Kier molecular flexibility index (Phi) is 70.8. The van der Waals surface area contributed by atoms with E-state index in [1.165, 1.54) is 212 Å². The summed E-state index contributed by atoms with van der Waals surface area (Å²) in [4.78, 5) is 38.2. The molecule has 0 aromatic carbocycles. The number of phosphoric acid groups is 1. The molecule has 0 heterocycles. The van der Waals surface area contributed by atoms with E-state index >= 15 is 0 Å². The van der Waals surface area contributed by atoms with Crippen LogP contribution in [0, 0.1) is 0 Å². The highest BCUT2D eigenvalue weighted by atomic mass is 31.2. The monoisotopic (exact) mass is 1330 g/mol. The molecule has 9 nitrogen and oxygen atoms in total. The Morgan fingerprint density at radius 3 is 0.915 bits per heavy atom. The maximum atomic E-state index is 12.9. The molecule has 0 amide bonds. The van der Waals surface area contributed by atoms with E-state index in [2.05, 4.69) is 135 Å². The summed E-state index contributed by atoms with van der Waals surface area (Å²) in [5.41, 5.74) is 0. The van der Waals surface area contributed by atoms with E-state index in [1.807, 2.05) is 21.1 Å². The molecule has 10 heteroatoms. The van der Waals surface area contributed by atoms with Crippen LogP contribution in [0.3, 0.4) is 0 Å². The molecule has 0 spiro atoms. The number of hydrogen-bond acceptors (Lipinski definition) is 8. The molecule has 0 aliphatic rings. The lowest BCUT2D eigenvalue weighted by Crippen LogP contribution is -2.37. The van der Waals surface area contributed by atoms with E-state index < -0.39 is 26.5 Å². The van der Waals surface area contributed by atoms with E-state index in [-0.39, 0.29) is 32.0 Å². The van der Waals surface area contributed by atoms with Gasteiger partial charge in [-0.05, 0) is 109 Å². The molecule has 0 aliphatic carbocycles. The maximum Gasteiger partial charge on any atom is 0.306 e. The number of esters is 2. The van der Waals surface area contributed by atoms with Crippen molar-refractivity contribution < 1.29 is 42.1 Å². The average Bonchev–Trinajstić information content (AvgIpc) is 1.56. The lowest BCUT2D eigenvalue weighted by molar-refractivity contribution is -0.870. The molecular formula is C84H148NO8P. The number of nitrogens with zero attached hydrogens (tertiary/aromatic N) is 1. The summed E-state index contributed by atoms with van der Waals surface area (Å²) in [5, 5.41) is 0. The first-order valence-electron chi connectivity index (χ1n) is 39.2. The fourth-order valence-corrected chi connectivity index (χ4v) is 11.7. The van der Waals surface area contributed by atoms with E-state index in [0.29, 0.717) is 17.4 Å². The van der Waals surface area contributed by atoms with Gasteiger partial charge in [0.2, 0.25) is 0 Å². The van der Waals surface area contributed by atoms with Crippen LogP contribution in [-0.2, 0) is 32.7 Å². The number of ether oxygens (including phenoxy) is 2. The van der Waals surface area contributed by atoms with Gasteiger partial charge in [0.1, 0.15) is 19.8 Å². The fraction of sp³-hybridized carbons (Fsp3) is 0.738. The molecule has 0 fully saturated rings. The third-order valence-corrected chi connectivity index (χ3v) is 17.9. The van der Waals surface area contributed by atoms with Crippen LogP contribution in [0.4, 0.5) is 0 Å². The highest BCUT2D eigenvalue weighted by Gasteiger charge is 2.22. The van der Waals surface area contributed by atoms with Crippen molar-refractivity contribution in [2.75, 3.05) is 47.5 Å². The summed E-state index contributed by atoms with van der Waals surface area (Å²) in [6, 6.07) is 0. The van der Waals surface area contributed by atoms with Crippen molar-refractivity contribution in [1.82, 2.24) is 0 Å². The summed E-state index contributed by atoms with van der Waals surface area (Å²) in [6.45, 7) is 4.16. The van der Waals surface area contributed by atoms with Gasteiger partial charge in [0.15, 0.2) is 6.10 Å². The zero-order valence-corrected chi connectivity index (χ0v) is 62.8. The fourth-order valence-electron chi connectivity index (χ4n) is 11.0. The van der Waals surface area contributed by atoms with Crippen LogP contribution in [0.2, 0.25) is 0 Å². The van der Waals surface area contributed by atoms with Gasteiger partial charge in [-0.25, -0.2) is 0 Å². The van der Waals surface area contributed by atoms with Crippen LogP contribution in [0.25, 0.3) is 0 Å². The molecule has 0 aliphatic heterocycles. The van der Waals surface area contributed by atoms with Crippen molar-refractivity contribution >= 4 is 19.8 Å². The Morgan fingerprint density at radius 2 is 0.606 bits per heavy atom. The van der Waals surface area contributed by atoms with Crippen molar-refractivity contribution in [3.05, 3.63) is 122 Å². The molecule has 0 aromatic rings. The summed E-state index contributed by atoms with van der Waals surface area (Å²) < 4.78 is 34.4. The molecule has 0 aromatic heterocycles. The Morgan fingerprint density at radius 1 is 0.340 bits per heavy atom. The second-order valence-electron chi connectivity index (χ2n) is 27.3. The minimum atomic E-state index is -4.65. The molecule has 0 saturated heterocycles. The first kappa shape index (κ1) is 90.4. The predicted molar refractivity (Wildman–Crippen MR) is 406 cm³/mol. The van der Waals surface area contributed by atoms with E-state index in [0.717, 1.165) is 103 Å². The normalized spacial score (nSPS) is 13.7. The number of phosphoric ester groups is 1. The van der Waals surface area contributed by atoms with Gasteiger partial charge in [-0.1, -0.05) is 347 Å². The van der Waals surface area contributed by atoms with Gasteiger partial charge in [0.05, 0.1) is 27.7 Å². The number of carbonyl (C=O) groups excluding carboxylic acids is 2. The first-order valence-corrected chi connectivity index (χ1v) is 40.7. The standard InChI is InChI=1S/C84H148NO8P/c1-6-8-10-12-14-16-18-20-22-24-26-28-30-32-34-36-38-39-40-41-42-43-44-45-47-49-51-53-55-57-59-61-63-65-67-69-71-73-75-77-84(87)93-82(81-92-94(88,89)91-79-78-85(3,4)5)80-90-83(86)76-74-72-70-68-66-64-62-60-58-56-54-52-50-48-46-37-35-33-31-29-27-25-23-21-19-17-15-13-11-9-7-2/h8,10,14,16,20,22,25-28,32,34,38-39,41-42,44-45,49,51,82H,6-7,9,11-13,15,17-19,21,23-24,29-31,33,35-37,40,43,46-48,50,52-81H2,1-5H3/b10-8-,16-14-,22-20-,27-25-,28-26-,34-32-,39-38-,42-41-,45-44-,51-49-. The predicted octanol–water partition coefficient (Wildman–Crippen LogP) is 25.5. The van der Waals surface area contributed by atoms with E-state index in [4.69, 9.17) is 18.5 Å². The highest BCUT2D eigenvalue weighted by Crippen LogP contribution is 2.38. The van der Waals surface area contributed by atoms with E-state index in [9.17, 15) is 19.0 Å². The van der Waals surface area contributed by atoms with Gasteiger partial charge in [-0.3, -0.25) is 14.2 Å². The molecule has 0 radical (unpaired) electrons. The number of hydrogen-bond donors (Lipinski definition) is 0. The van der Waals surface area contributed by atoms with Crippen LogP contribution in [0.1, 0.15) is 348 Å². The molecule has 0 N–H and O–H groups in total. The third kappa shape index (κ3) is 77.4. The van der Waals surface area contributed by atoms with E-state index in [1.54, 1.807) is 0 Å². The SMILES string of the molecule is CC/C=C\C/C=C\C/C=C\C/C=C\C/C=C\C/C=C\C/C=C\C/C=C\C/C=C\CCCCCCCCCCCCCC(=O)OC(COC(=O)CCCCCCCCCCCCCCCCCCCCC/C=C\CCCCCCCCCC)COP(=O)([O-])OCC[N+](C)(C)C. The van der Waals surface area contributed by atoms with Crippen molar-refractivity contribution in [2.45, 2.75) is 354 Å². The number of allylic oxidation sites excluding steroid dienone is 20. The molecule has 0 saturated carbocycles. The lowest BCUT2D eigenvalue weighted by atomic mass is 10.0. The van der Waals surface area contributed by atoms with Crippen LogP contribution in [0.5, 0.6) is 0 Å². The number of likely N-dealkylation sites (N-methyl/N-ethyl adjacent to an activating group) is 1. The topological polar surface area (TPSA) is 111 Å². The summed E-state index contributed by atoms with van der Waals surface area (Å²) in [5.74, 6) is -0.828. The quantitative estimate of drug-likeness (QED) is 0.0195. The summed E-state index contributed by atoms with van der Waals surface area (Å²) >= 11 is 0. The largest absolute Gasteiger partial charge is 0.756 e. The third-order valence-electron chi connectivity index (χ3n) is 17.0. The van der Waals surface area contributed by atoms with Crippen LogP contribution >= 0.6 is 7.82 Å². The molecule has 0 rings (SSSR count). The first-order chi connectivity index (χ1) is 46.0. The van der Waals surface area contributed by atoms with Gasteiger partial charge in [-0.2, -0.15) is 0 Å². The second-order valence-corrected chi connectivity index (χ2v) is 28.8. The van der Waals surface area contributed by atoms with Gasteiger partial charge in [0.25, 0.3) is 7.82 Å². The minimum absolute atomic E-state index is 0.0345. The number of carbonyl (C=O) groups is 2. The molecule has 2 unspecified atom stereocenters. The van der Waals surface area contributed by atoms with Crippen molar-refractivity contribution in [3.8, 4) is 0 Å². The number of unbranched alkanes of at least 4 members (excludes halogenated alkanes) is 38. The molecule has 2 atom stereocenters. The van der Waals surface area contributed by atoms with Crippen LogP contribution in [-0.4, -0.2) is 70.0 Å². The lowest BCUT2D eigenvalue weighted by Gasteiger charge is -2.28. The molecule has 0 bridgehead atoms. The number of quaternary nitrogens is 1. The van der Waals surface area contributed by atoms with Gasteiger partial charge >= 0.3 is 11.9 Å². The Hall–Kier alpha value is -3.59. The maximum absolute atomic E-state index is 12.9. The van der Waals surface area contributed by atoms with Crippen molar-refractivity contribution in [2.24, 2.45) is 0 Å². The Balaban J connectivity index is 4.02. The highest BCUT2D eigenvalue weighted by molar-refractivity contribution is 7.45. The molecule has 542 valence electrons. The van der Waals surface area contributed by atoms with Gasteiger partial charge in [-0.15, -0.1) is 0 Å². The van der Waals surface area contributed by atoms with Crippen molar-refractivity contribution in [1.29, 1.82) is 0 Å².